The van der Waals surface area contributed by atoms with Gasteiger partial charge in [-0.15, -0.1) is 0 Å². The monoisotopic (exact) mass is 247 g/mol. The quantitative estimate of drug-likeness (QED) is 0.786. The Kier molecular flexibility index (Phi) is 4.02. The normalized spacial score (nSPS) is 16.7. The second-order valence-corrected chi connectivity index (χ2v) is 5.44. The van der Waals surface area contributed by atoms with E-state index in [9.17, 15) is 4.79 Å². The van der Waals surface area contributed by atoms with Gasteiger partial charge in [0.15, 0.2) is 5.78 Å². The Morgan fingerprint density at radius 1 is 1.33 bits per heavy atom. The molecule has 1 unspecified atom stereocenters. The minimum atomic E-state index is -0.403. The van der Waals surface area contributed by atoms with E-state index in [4.69, 9.17) is 10.5 Å². The molecule has 0 spiro atoms. The fourth-order valence-corrected chi connectivity index (χ4v) is 1.91. The van der Waals surface area contributed by atoms with Crippen LogP contribution in [0.1, 0.15) is 43.5 Å². The van der Waals surface area contributed by atoms with Gasteiger partial charge in [-0.25, -0.2) is 0 Å². The molecule has 0 aromatic heterocycles. The summed E-state index contributed by atoms with van der Waals surface area (Å²) in [6.45, 7) is 4.14. The Hall–Kier alpha value is -1.35. The van der Waals surface area contributed by atoms with Crippen molar-refractivity contribution in [2.24, 2.45) is 11.7 Å². The molecule has 2 N–H and O–H groups in total. The first-order valence-corrected chi connectivity index (χ1v) is 6.63. The zero-order valence-corrected chi connectivity index (χ0v) is 11.1. The molecule has 1 fully saturated rings. The largest absolute Gasteiger partial charge is 0.490 e. The predicted molar refractivity (Wildman–Crippen MR) is 71.9 cm³/mol. The minimum absolute atomic E-state index is 0.0154. The number of rotatable bonds is 6. The molecule has 3 heteroatoms. The lowest BCUT2D eigenvalue weighted by atomic mass is 9.97. The van der Waals surface area contributed by atoms with E-state index in [0.717, 1.165) is 25.0 Å². The van der Waals surface area contributed by atoms with E-state index in [1.807, 2.05) is 12.1 Å². The molecular weight excluding hydrogens is 226 g/mol. The zero-order chi connectivity index (χ0) is 13.1. The second kappa shape index (κ2) is 5.53. The third-order valence-corrected chi connectivity index (χ3v) is 3.03. The Bertz CT molecular complexity index is 407. The molecule has 0 bridgehead atoms. The third-order valence-electron chi connectivity index (χ3n) is 3.03. The number of carbonyl (C=O) groups excluding carboxylic acids is 1. The smallest absolute Gasteiger partial charge is 0.179 e. The molecule has 1 aliphatic rings. The van der Waals surface area contributed by atoms with Crippen LogP contribution in [0, 0.1) is 5.92 Å². The van der Waals surface area contributed by atoms with Gasteiger partial charge in [-0.05, 0) is 49.4 Å². The maximum Gasteiger partial charge on any atom is 0.179 e. The molecule has 98 valence electrons. The van der Waals surface area contributed by atoms with Crippen LogP contribution in [0.3, 0.4) is 0 Å². The van der Waals surface area contributed by atoms with Crippen molar-refractivity contribution < 1.29 is 9.53 Å². The topological polar surface area (TPSA) is 52.3 Å². The van der Waals surface area contributed by atoms with E-state index < -0.39 is 6.04 Å². The molecule has 1 saturated carbocycles. The van der Waals surface area contributed by atoms with Gasteiger partial charge < -0.3 is 10.5 Å². The number of Topliss-reactive ketones (excluding diaryl/α,β-unsaturated/α-hetero) is 1. The van der Waals surface area contributed by atoms with Crippen molar-refractivity contribution in [2.75, 3.05) is 0 Å². The van der Waals surface area contributed by atoms with E-state index in [1.165, 1.54) is 0 Å². The summed E-state index contributed by atoms with van der Waals surface area (Å²) in [5.41, 5.74) is 6.57. The first-order chi connectivity index (χ1) is 8.56. The highest BCUT2D eigenvalue weighted by molar-refractivity contribution is 6.00. The van der Waals surface area contributed by atoms with E-state index in [0.29, 0.717) is 17.6 Å². The molecule has 0 radical (unpaired) electrons. The van der Waals surface area contributed by atoms with Crippen LogP contribution in [0.2, 0.25) is 0 Å². The molecular formula is C15H21NO2. The third kappa shape index (κ3) is 3.57. The number of benzene rings is 1. The maximum atomic E-state index is 12.1. The SMILES string of the molecule is CC(C)CC(N)C(=O)c1ccc(OC2CC2)cc1. The molecule has 0 amide bonds. The highest BCUT2D eigenvalue weighted by Crippen LogP contribution is 2.26. The van der Waals surface area contributed by atoms with Crippen LogP contribution < -0.4 is 10.5 Å². The van der Waals surface area contributed by atoms with E-state index in [-0.39, 0.29) is 5.78 Å². The Morgan fingerprint density at radius 3 is 2.44 bits per heavy atom. The molecule has 1 aliphatic carbocycles. The maximum absolute atomic E-state index is 12.1. The number of nitrogens with two attached hydrogens (primary N) is 1. The van der Waals surface area contributed by atoms with E-state index in [2.05, 4.69) is 13.8 Å². The van der Waals surface area contributed by atoms with Gasteiger partial charge in [0.25, 0.3) is 0 Å². The summed E-state index contributed by atoms with van der Waals surface area (Å²) in [6, 6.07) is 6.92. The Morgan fingerprint density at radius 2 is 1.94 bits per heavy atom. The van der Waals surface area contributed by atoms with Crippen LogP contribution in [0.4, 0.5) is 0 Å². The van der Waals surface area contributed by atoms with Crippen LogP contribution >= 0.6 is 0 Å². The molecule has 0 heterocycles. The standard InChI is InChI=1S/C15H21NO2/c1-10(2)9-14(16)15(17)11-3-5-12(6-4-11)18-13-7-8-13/h3-6,10,13-14H,7-9,16H2,1-2H3. The van der Waals surface area contributed by atoms with Crippen molar-refractivity contribution in [3.05, 3.63) is 29.8 Å². The van der Waals surface area contributed by atoms with Crippen LogP contribution in [-0.4, -0.2) is 17.9 Å². The van der Waals surface area contributed by atoms with Crippen molar-refractivity contribution in [1.29, 1.82) is 0 Å². The van der Waals surface area contributed by atoms with Gasteiger partial charge in [0.1, 0.15) is 5.75 Å². The average molecular weight is 247 g/mol. The van der Waals surface area contributed by atoms with Gasteiger partial charge in [0, 0.05) is 5.56 Å². The molecule has 1 atom stereocenters. The predicted octanol–water partition coefficient (Wildman–Crippen LogP) is 2.78. The molecule has 1 aromatic rings. The van der Waals surface area contributed by atoms with Gasteiger partial charge in [-0.3, -0.25) is 4.79 Å². The second-order valence-electron chi connectivity index (χ2n) is 5.44. The van der Waals surface area contributed by atoms with Gasteiger partial charge in [0.05, 0.1) is 12.1 Å². The number of hydrogen-bond acceptors (Lipinski definition) is 3. The summed E-state index contributed by atoms with van der Waals surface area (Å²) in [4.78, 5) is 12.1. The molecule has 2 rings (SSSR count). The highest BCUT2D eigenvalue weighted by Gasteiger charge is 2.23. The van der Waals surface area contributed by atoms with Crippen LogP contribution in [0.5, 0.6) is 5.75 Å². The van der Waals surface area contributed by atoms with Crippen molar-refractivity contribution in [3.8, 4) is 5.75 Å². The minimum Gasteiger partial charge on any atom is -0.490 e. The zero-order valence-electron chi connectivity index (χ0n) is 11.1. The van der Waals surface area contributed by atoms with Crippen molar-refractivity contribution >= 4 is 5.78 Å². The Balaban J connectivity index is 1.96. The summed E-state index contributed by atoms with van der Waals surface area (Å²) in [5.74, 6) is 1.29. The Labute approximate surface area is 108 Å². The number of ether oxygens (including phenoxy) is 1. The van der Waals surface area contributed by atoms with Gasteiger partial charge in [0.2, 0.25) is 0 Å². The average Bonchev–Trinajstić information content (AvgIpc) is 3.12. The summed E-state index contributed by atoms with van der Waals surface area (Å²) < 4.78 is 5.64. The lowest BCUT2D eigenvalue weighted by Crippen LogP contribution is -2.31. The lowest BCUT2D eigenvalue weighted by molar-refractivity contribution is 0.0951. The van der Waals surface area contributed by atoms with Crippen LogP contribution in [-0.2, 0) is 0 Å². The van der Waals surface area contributed by atoms with Crippen molar-refractivity contribution in [1.82, 2.24) is 0 Å². The summed E-state index contributed by atoms with van der Waals surface area (Å²) >= 11 is 0. The van der Waals surface area contributed by atoms with Crippen LogP contribution in [0.25, 0.3) is 0 Å². The van der Waals surface area contributed by atoms with Crippen LogP contribution in [0.15, 0.2) is 24.3 Å². The number of hydrogen-bond donors (Lipinski definition) is 1. The van der Waals surface area contributed by atoms with Gasteiger partial charge >= 0.3 is 0 Å². The molecule has 0 saturated heterocycles. The summed E-state index contributed by atoms with van der Waals surface area (Å²) in [5, 5.41) is 0. The lowest BCUT2D eigenvalue weighted by Gasteiger charge is -2.13. The fourth-order valence-electron chi connectivity index (χ4n) is 1.91. The van der Waals surface area contributed by atoms with Crippen molar-refractivity contribution in [2.45, 2.75) is 45.3 Å². The fraction of sp³-hybridized carbons (Fsp3) is 0.533. The van der Waals surface area contributed by atoms with Gasteiger partial charge in [-0.2, -0.15) is 0 Å². The molecule has 0 aliphatic heterocycles. The molecule has 3 nitrogen and oxygen atoms in total. The van der Waals surface area contributed by atoms with E-state index in [1.54, 1.807) is 12.1 Å². The first-order valence-electron chi connectivity index (χ1n) is 6.63. The first kappa shape index (κ1) is 13.1. The molecule has 1 aromatic carbocycles. The molecule has 18 heavy (non-hydrogen) atoms. The summed E-state index contributed by atoms with van der Waals surface area (Å²) in [7, 11) is 0. The van der Waals surface area contributed by atoms with Gasteiger partial charge in [-0.1, -0.05) is 13.8 Å². The van der Waals surface area contributed by atoms with Crippen molar-refractivity contribution in [3.63, 3.8) is 0 Å². The number of carbonyl (C=O) groups is 1. The highest BCUT2D eigenvalue weighted by atomic mass is 16.5. The number of ketones is 1. The summed E-state index contributed by atoms with van der Waals surface area (Å²) in [6.07, 6.45) is 3.38. The van der Waals surface area contributed by atoms with E-state index >= 15 is 0 Å².